The van der Waals surface area contributed by atoms with Gasteiger partial charge in [0.1, 0.15) is 12.2 Å². The van der Waals surface area contributed by atoms with E-state index in [0.29, 0.717) is 39.9 Å². The summed E-state index contributed by atoms with van der Waals surface area (Å²) >= 11 is 6.46. The summed E-state index contributed by atoms with van der Waals surface area (Å²) in [7, 11) is 3.05. The predicted molar refractivity (Wildman–Crippen MR) is 156 cm³/mol. The van der Waals surface area contributed by atoms with Crippen molar-refractivity contribution in [3.05, 3.63) is 52.5 Å². The van der Waals surface area contributed by atoms with Crippen molar-refractivity contribution in [2.24, 2.45) is 5.41 Å². The standard InChI is InChI=1S/C30H40ClN3O7/c1-30(18-35,19-36)17-34-23-10-9-20(31)15-22(23)27(21-7-6-8-24(39-2)28(21)40-3)41-25(29(34)38)16-26(37)32-11-14-33-12-4-5-13-33/h6-10,15,25,27,35-36H,4-5,11-14,16-19H2,1-3H3,(H,32,37)/t25-,27-/m1/s1. The number of rotatable bonds is 12. The molecule has 2 amide bonds. The van der Waals surface area contributed by atoms with E-state index in [4.69, 9.17) is 25.8 Å². The molecule has 224 valence electrons. The number of halogens is 1. The number of amides is 2. The molecule has 0 aromatic heterocycles. The van der Waals surface area contributed by atoms with Crippen LogP contribution in [0.25, 0.3) is 0 Å². The van der Waals surface area contributed by atoms with Gasteiger partial charge in [-0.1, -0.05) is 30.7 Å². The molecule has 1 saturated heterocycles. The van der Waals surface area contributed by atoms with Crippen LogP contribution in [0, 0.1) is 5.41 Å². The van der Waals surface area contributed by atoms with E-state index >= 15 is 0 Å². The number of nitrogens with zero attached hydrogens (tertiary/aromatic N) is 2. The molecule has 0 unspecified atom stereocenters. The molecule has 0 bridgehead atoms. The maximum absolute atomic E-state index is 14.1. The van der Waals surface area contributed by atoms with Crippen LogP contribution in [0.15, 0.2) is 36.4 Å². The minimum Gasteiger partial charge on any atom is -0.493 e. The smallest absolute Gasteiger partial charge is 0.256 e. The zero-order chi connectivity index (χ0) is 29.6. The monoisotopic (exact) mass is 589 g/mol. The molecule has 3 N–H and O–H groups in total. The van der Waals surface area contributed by atoms with Gasteiger partial charge >= 0.3 is 0 Å². The fourth-order valence-corrected chi connectivity index (χ4v) is 5.54. The molecule has 41 heavy (non-hydrogen) atoms. The summed E-state index contributed by atoms with van der Waals surface area (Å²) in [6.45, 7) is 4.23. The Labute approximate surface area is 246 Å². The summed E-state index contributed by atoms with van der Waals surface area (Å²) in [5.41, 5.74) is 0.659. The number of hydrogen-bond donors (Lipinski definition) is 3. The number of ether oxygens (including phenoxy) is 3. The van der Waals surface area contributed by atoms with Crippen LogP contribution in [-0.4, -0.2) is 93.2 Å². The lowest BCUT2D eigenvalue weighted by Gasteiger charge is -2.34. The van der Waals surface area contributed by atoms with Gasteiger partial charge in [-0.3, -0.25) is 9.59 Å². The van der Waals surface area contributed by atoms with Gasteiger partial charge in [0.15, 0.2) is 11.5 Å². The Balaban J connectivity index is 1.74. The van der Waals surface area contributed by atoms with Crippen molar-refractivity contribution in [3.63, 3.8) is 0 Å². The van der Waals surface area contributed by atoms with Crippen LogP contribution < -0.4 is 19.7 Å². The molecule has 11 heteroatoms. The Morgan fingerprint density at radius 3 is 2.51 bits per heavy atom. The first kappa shape index (κ1) is 31.1. The van der Waals surface area contributed by atoms with Crippen LogP contribution in [0.2, 0.25) is 5.02 Å². The number of carbonyl (C=O) groups is 2. The average Bonchev–Trinajstić information content (AvgIpc) is 3.47. The van der Waals surface area contributed by atoms with Crippen LogP contribution in [0.3, 0.4) is 0 Å². The summed E-state index contributed by atoms with van der Waals surface area (Å²) in [4.78, 5) is 31.0. The minimum atomic E-state index is -1.17. The van der Waals surface area contributed by atoms with Crippen LogP contribution >= 0.6 is 11.6 Å². The summed E-state index contributed by atoms with van der Waals surface area (Å²) in [5, 5.41) is 23.5. The molecule has 2 heterocycles. The first-order valence-electron chi connectivity index (χ1n) is 13.9. The Bertz CT molecular complexity index is 1220. The van der Waals surface area contributed by atoms with Crippen LogP contribution in [0.5, 0.6) is 11.5 Å². The lowest BCUT2D eigenvalue weighted by Crippen LogP contribution is -2.48. The van der Waals surface area contributed by atoms with E-state index in [0.717, 1.165) is 32.5 Å². The normalized spacial score (nSPS) is 19.6. The van der Waals surface area contributed by atoms with E-state index in [2.05, 4.69) is 10.2 Å². The van der Waals surface area contributed by atoms with E-state index in [1.165, 1.54) is 19.1 Å². The highest BCUT2D eigenvalue weighted by atomic mass is 35.5. The van der Waals surface area contributed by atoms with Crippen LogP contribution in [-0.2, 0) is 14.3 Å². The number of aliphatic hydroxyl groups is 2. The average molecular weight is 590 g/mol. The van der Waals surface area contributed by atoms with Gasteiger partial charge in [0.05, 0.1) is 33.9 Å². The molecule has 2 aliphatic heterocycles. The maximum Gasteiger partial charge on any atom is 0.256 e. The zero-order valence-corrected chi connectivity index (χ0v) is 24.7. The van der Waals surface area contributed by atoms with Gasteiger partial charge < -0.3 is 39.5 Å². The van der Waals surface area contributed by atoms with Gasteiger partial charge in [0.25, 0.3) is 5.91 Å². The van der Waals surface area contributed by atoms with Crippen LogP contribution in [0.4, 0.5) is 5.69 Å². The van der Waals surface area contributed by atoms with Crippen molar-refractivity contribution in [3.8, 4) is 11.5 Å². The van der Waals surface area contributed by atoms with Gasteiger partial charge in [0.2, 0.25) is 5.91 Å². The number of hydrogen-bond acceptors (Lipinski definition) is 8. The molecule has 0 aliphatic carbocycles. The number of anilines is 1. The third kappa shape index (κ3) is 7.13. The molecule has 0 saturated carbocycles. The van der Waals surface area contributed by atoms with Gasteiger partial charge in [-0.05, 0) is 50.2 Å². The number of para-hydroxylation sites is 1. The zero-order valence-electron chi connectivity index (χ0n) is 23.9. The number of likely N-dealkylation sites (tertiary alicyclic amines) is 1. The minimum absolute atomic E-state index is 0.00807. The van der Waals surface area contributed by atoms with Crippen LogP contribution in [0.1, 0.15) is 43.4 Å². The van der Waals surface area contributed by atoms with Crippen molar-refractivity contribution >= 4 is 29.1 Å². The van der Waals surface area contributed by atoms with E-state index in [9.17, 15) is 19.8 Å². The molecule has 0 radical (unpaired) electrons. The topological polar surface area (TPSA) is 121 Å². The van der Waals surface area contributed by atoms with Crippen molar-refractivity contribution in [1.82, 2.24) is 10.2 Å². The number of carbonyl (C=O) groups excluding carboxylic acids is 2. The SMILES string of the molecule is COc1cccc([C@H]2O[C@H](CC(=O)NCCN3CCCC3)C(=O)N(CC(C)(CO)CO)c3ccc(Cl)cc32)c1OC. The molecule has 2 aliphatic rings. The Hall–Kier alpha value is -2.89. The second kappa shape index (κ2) is 13.8. The fraction of sp³-hybridized carbons (Fsp3) is 0.533. The molecule has 2 atom stereocenters. The Morgan fingerprint density at radius 2 is 1.85 bits per heavy atom. The number of aliphatic hydroxyl groups excluding tert-OH is 2. The molecule has 10 nitrogen and oxygen atoms in total. The van der Waals surface area contributed by atoms with Gasteiger partial charge in [0, 0.05) is 46.9 Å². The lowest BCUT2D eigenvalue weighted by molar-refractivity contribution is -0.138. The second-order valence-electron chi connectivity index (χ2n) is 10.9. The molecular weight excluding hydrogens is 550 g/mol. The van der Waals surface area contributed by atoms with E-state index < -0.39 is 23.5 Å². The first-order chi connectivity index (χ1) is 19.7. The van der Waals surface area contributed by atoms with E-state index in [1.54, 1.807) is 37.3 Å². The molecule has 2 aromatic rings. The number of benzene rings is 2. The molecular formula is C30H40ClN3O7. The lowest BCUT2D eigenvalue weighted by atomic mass is 9.91. The van der Waals surface area contributed by atoms with E-state index in [1.807, 2.05) is 6.07 Å². The maximum atomic E-state index is 14.1. The highest BCUT2D eigenvalue weighted by Gasteiger charge is 2.41. The fourth-order valence-electron chi connectivity index (χ4n) is 5.36. The highest BCUT2D eigenvalue weighted by Crippen LogP contribution is 2.45. The van der Waals surface area contributed by atoms with Crippen molar-refractivity contribution < 1.29 is 34.0 Å². The Kier molecular flexibility index (Phi) is 10.5. The Morgan fingerprint density at radius 1 is 1.12 bits per heavy atom. The summed E-state index contributed by atoms with van der Waals surface area (Å²) in [6, 6.07) is 10.5. The predicted octanol–water partition coefficient (Wildman–Crippen LogP) is 2.77. The van der Waals surface area contributed by atoms with Gasteiger partial charge in [-0.25, -0.2) is 0 Å². The van der Waals surface area contributed by atoms with Gasteiger partial charge in [-0.15, -0.1) is 0 Å². The molecule has 2 aromatic carbocycles. The largest absolute Gasteiger partial charge is 0.493 e. The number of methoxy groups -OCH3 is 2. The summed E-state index contributed by atoms with van der Waals surface area (Å²) < 4.78 is 17.7. The quantitative estimate of drug-likeness (QED) is 0.346. The van der Waals surface area contributed by atoms with Crippen molar-refractivity contribution in [1.29, 1.82) is 0 Å². The molecule has 1 fully saturated rings. The third-order valence-electron chi connectivity index (χ3n) is 7.74. The van der Waals surface area contributed by atoms with Gasteiger partial charge in [-0.2, -0.15) is 0 Å². The third-order valence-corrected chi connectivity index (χ3v) is 7.98. The number of fused-ring (bicyclic) bond motifs is 1. The summed E-state index contributed by atoms with van der Waals surface area (Å²) in [5.74, 6) is 0.140. The van der Waals surface area contributed by atoms with Crippen molar-refractivity contribution in [2.45, 2.75) is 38.4 Å². The van der Waals surface area contributed by atoms with Crippen molar-refractivity contribution in [2.75, 3.05) is 65.1 Å². The highest BCUT2D eigenvalue weighted by molar-refractivity contribution is 6.30. The summed E-state index contributed by atoms with van der Waals surface area (Å²) in [6.07, 6.45) is 0.0905. The number of nitrogens with one attached hydrogen (secondary N) is 1. The molecule has 0 spiro atoms. The molecule has 4 rings (SSSR count). The second-order valence-corrected chi connectivity index (χ2v) is 11.4. The first-order valence-corrected chi connectivity index (χ1v) is 14.3. The van der Waals surface area contributed by atoms with E-state index in [-0.39, 0.29) is 32.1 Å².